The molecule has 1 aliphatic carbocycles. The van der Waals surface area contributed by atoms with E-state index in [-0.39, 0.29) is 12.0 Å². The highest BCUT2D eigenvalue weighted by Crippen LogP contribution is 2.19. The summed E-state index contributed by atoms with van der Waals surface area (Å²) in [6.45, 7) is 2.00. The van der Waals surface area contributed by atoms with Crippen molar-refractivity contribution in [2.75, 3.05) is 0 Å². The van der Waals surface area contributed by atoms with Crippen molar-refractivity contribution in [3.8, 4) is 0 Å². The Bertz CT molecular complexity index is 353. The smallest absolute Gasteiger partial charge is 0.270 e. The molecule has 2 rings (SSSR count). The molecule has 0 bridgehead atoms. The van der Waals surface area contributed by atoms with Crippen molar-refractivity contribution in [1.82, 2.24) is 5.48 Å². The highest BCUT2D eigenvalue weighted by molar-refractivity contribution is 5.93. The number of hydrogen-bond donors (Lipinski definition) is 1. The fraction of sp³-hybridized carbons (Fsp3) is 0.462. The van der Waals surface area contributed by atoms with E-state index in [0.29, 0.717) is 5.56 Å². The quantitative estimate of drug-likeness (QED) is 0.793. The van der Waals surface area contributed by atoms with E-state index < -0.39 is 0 Å². The van der Waals surface area contributed by atoms with Gasteiger partial charge in [-0.15, -0.1) is 0 Å². The highest BCUT2D eigenvalue weighted by atomic mass is 16.7. The highest BCUT2D eigenvalue weighted by Gasteiger charge is 2.17. The van der Waals surface area contributed by atoms with E-state index >= 15 is 0 Å². The van der Waals surface area contributed by atoms with Crippen LogP contribution in [0.4, 0.5) is 0 Å². The molecule has 0 spiro atoms. The van der Waals surface area contributed by atoms with Crippen molar-refractivity contribution in [2.24, 2.45) is 0 Å². The van der Waals surface area contributed by atoms with Crippen LogP contribution in [0.15, 0.2) is 24.3 Å². The average Bonchev–Trinajstić information content (AvgIpc) is 2.80. The molecule has 3 nitrogen and oxygen atoms in total. The molecule has 3 heteroatoms. The predicted molar refractivity (Wildman–Crippen MR) is 62.0 cm³/mol. The zero-order chi connectivity index (χ0) is 11.4. The maximum absolute atomic E-state index is 11.7. The molecule has 1 aromatic carbocycles. The molecule has 0 aliphatic heterocycles. The fourth-order valence-electron chi connectivity index (χ4n) is 1.91. The van der Waals surface area contributed by atoms with Gasteiger partial charge in [-0.3, -0.25) is 9.63 Å². The molecule has 1 aliphatic rings. The lowest BCUT2D eigenvalue weighted by Gasteiger charge is -2.11. The molecule has 1 aromatic rings. The second kappa shape index (κ2) is 5.12. The zero-order valence-electron chi connectivity index (χ0n) is 9.53. The van der Waals surface area contributed by atoms with Crippen molar-refractivity contribution in [3.05, 3.63) is 35.4 Å². The molecule has 1 fully saturated rings. The Morgan fingerprint density at radius 2 is 1.88 bits per heavy atom. The summed E-state index contributed by atoms with van der Waals surface area (Å²) in [5.74, 6) is -0.160. The molecule has 0 atom stereocenters. The first-order chi connectivity index (χ1) is 7.75. The van der Waals surface area contributed by atoms with Crippen LogP contribution >= 0.6 is 0 Å². The molecule has 1 saturated carbocycles. The molecular formula is C13H17NO2. The number of benzene rings is 1. The lowest BCUT2D eigenvalue weighted by atomic mass is 10.1. The van der Waals surface area contributed by atoms with Gasteiger partial charge in [-0.05, 0) is 31.9 Å². The summed E-state index contributed by atoms with van der Waals surface area (Å²) in [7, 11) is 0. The third-order valence-electron chi connectivity index (χ3n) is 2.93. The first kappa shape index (κ1) is 11.1. The van der Waals surface area contributed by atoms with Gasteiger partial charge in [-0.2, -0.15) is 0 Å². The molecule has 0 heterocycles. The Morgan fingerprint density at radius 1 is 1.25 bits per heavy atom. The minimum atomic E-state index is -0.160. The summed E-state index contributed by atoms with van der Waals surface area (Å²) in [5.41, 5.74) is 4.31. The lowest BCUT2D eigenvalue weighted by molar-refractivity contribution is -0.0124. The second-order valence-electron chi connectivity index (χ2n) is 4.32. The number of nitrogens with one attached hydrogen (secondary N) is 1. The van der Waals surface area contributed by atoms with Crippen LogP contribution in [-0.4, -0.2) is 12.0 Å². The molecule has 0 aromatic heterocycles. The summed E-state index contributed by atoms with van der Waals surface area (Å²) < 4.78 is 0. The number of carbonyl (C=O) groups is 1. The van der Waals surface area contributed by atoms with Crippen LogP contribution in [0.2, 0.25) is 0 Å². The van der Waals surface area contributed by atoms with Gasteiger partial charge in [0.2, 0.25) is 0 Å². The number of hydrogen-bond acceptors (Lipinski definition) is 2. The third kappa shape index (κ3) is 2.83. The molecule has 0 saturated heterocycles. The topological polar surface area (TPSA) is 38.3 Å². The maximum atomic E-state index is 11.7. The monoisotopic (exact) mass is 219 g/mol. The molecule has 1 N–H and O–H groups in total. The van der Waals surface area contributed by atoms with Gasteiger partial charge < -0.3 is 0 Å². The van der Waals surface area contributed by atoms with E-state index in [1.54, 1.807) is 0 Å². The Hall–Kier alpha value is -1.35. The van der Waals surface area contributed by atoms with Gasteiger partial charge in [0.15, 0.2) is 0 Å². The maximum Gasteiger partial charge on any atom is 0.274 e. The molecule has 0 unspecified atom stereocenters. The van der Waals surface area contributed by atoms with Crippen LogP contribution in [0.3, 0.4) is 0 Å². The van der Waals surface area contributed by atoms with Crippen molar-refractivity contribution in [3.63, 3.8) is 0 Å². The van der Waals surface area contributed by atoms with Gasteiger partial charge >= 0.3 is 0 Å². The predicted octanol–water partition coefficient (Wildman–Crippen LogP) is 2.60. The minimum Gasteiger partial charge on any atom is -0.270 e. The van der Waals surface area contributed by atoms with Gasteiger partial charge in [0.25, 0.3) is 5.91 Å². The SMILES string of the molecule is Cc1ccc(C(=O)NOC2CCCC2)cc1. The largest absolute Gasteiger partial charge is 0.274 e. The number of aryl methyl sites for hydroxylation is 1. The zero-order valence-corrected chi connectivity index (χ0v) is 9.53. The van der Waals surface area contributed by atoms with E-state index in [1.807, 2.05) is 31.2 Å². The average molecular weight is 219 g/mol. The Kier molecular flexibility index (Phi) is 3.57. The van der Waals surface area contributed by atoms with Crippen molar-refractivity contribution in [1.29, 1.82) is 0 Å². The van der Waals surface area contributed by atoms with Gasteiger partial charge in [0.05, 0.1) is 6.10 Å². The van der Waals surface area contributed by atoms with E-state index in [1.165, 1.54) is 12.8 Å². The van der Waals surface area contributed by atoms with E-state index in [2.05, 4.69) is 5.48 Å². The van der Waals surface area contributed by atoms with Crippen LogP contribution in [0.25, 0.3) is 0 Å². The summed E-state index contributed by atoms with van der Waals surface area (Å²) in [5, 5.41) is 0. The Morgan fingerprint density at radius 3 is 2.50 bits per heavy atom. The molecule has 0 radical (unpaired) electrons. The van der Waals surface area contributed by atoms with Crippen LogP contribution in [0.5, 0.6) is 0 Å². The summed E-state index contributed by atoms with van der Waals surface area (Å²) in [6, 6.07) is 7.46. The lowest BCUT2D eigenvalue weighted by Crippen LogP contribution is -2.28. The first-order valence-corrected chi connectivity index (χ1v) is 5.78. The minimum absolute atomic E-state index is 0.160. The summed E-state index contributed by atoms with van der Waals surface area (Å²) >= 11 is 0. The first-order valence-electron chi connectivity index (χ1n) is 5.78. The van der Waals surface area contributed by atoms with Gasteiger partial charge in [0, 0.05) is 5.56 Å². The van der Waals surface area contributed by atoms with Gasteiger partial charge in [0.1, 0.15) is 0 Å². The summed E-state index contributed by atoms with van der Waals surface area (Å²) in [4.78, 5) is 17.0. The number of hydroxylamine groups is 1. The van der Waals surface area contributed by atoms with Crippen LogP contribution < -0.4 is 5.48 Å². The van der Waals surface area contributed by atoms with Crippen LogP contribution in [-0.2, 0) is 4.84 Å². The van der Waals surface area contributed by atoms with E-state index in [4.69, 9.17) is 4.84 Å². The van der Waals surface area contributed by atoms with Crippen LogP contribution in [0, 0.1) is 6.92 Å². The van der Waals surface area contributed by atoms with Crippen molar-refractivity contribution in [2.45, 2.75) is 38.7 Å². The number of amides is 1. The van der Waals surface area contributed by atoms with Gasteiger partial charge in [-0.25, -0.2) is 5.48 Å². The number of carbonyl (C=O) groups excluding carboxylic acids is 1. The summed E-state index contributed by atoms with van der Waals surface area (Å²) in [6.07, 6.45) is 4.70. The fourth-order valence-corrected chi connectivity index (χ4v) is 1.91. The van der Waals surface area contributed by atoms with Crippen molar-refractivity contribution < 1.29 is 9.63 Å². The third-order valence-corrected chi connectivity index (χ3v) is 2.93. The molecular weight excluding hydrogens is 202 g/mol. The Labute approximate surface area is 95.8 Å². The molecule has 86 valence electrons. The molecule has 16 heavy (non-hydrogen) atoms. The second-order valence-corrected chi connectivity index (χ2v) is 4.32. The Balaban J connectivity index is 1.85. The van der Waals surface area contributed by atoms with Crippen molar-refractivity contribution >= 4 is 5.91 Å². The normalized spacial score (nSPS) is 16.3. The number of rotatable bonds is 3. The van der Waals surface area contributed by atoms with Gasteiger partial charge in [-0.1, -0.05) is 30.5 Å². The van der Waals surface area contributed by atoms with E-state index in [9.17, 15) is 4.79 Å². The van der Waals surface area contributed by atoms with E-state index in [0.717, 1.165) is 18.4 Å². The van der Waals surface area contributed by atoms with Crippen LogP contribution in [0.1, 0.15) is 41.6 Å². The standard InChI is InChI=1S/C13H17NO2/c1-10-6-8-11(9-7-10)13(15)14-16-12-4-2-3-5-12/h6-9,12H,2-5H2,1H3,(H,14,15). The molecule has 1 amide bonds.